The van der Waals surface area contributed by atoms with Crippen molar-refractivity contribution < 1.29 is 14.3 Å². The first kappa shape index (κ1) is 12.9. The Morgan fingerprint density at radius 1 is 0.789 bits per heavy atom. The molecule has 0 unspecified atom stereocenters. The highest BCUT2D eigenvalue weighted by Crippen LogP contribution is 2.17. The van der Waals surface area contributed by atoms with Crippen molar-refractivity contribution in [2.75, 3.05) is 14.2 Å². The predicted octanol–water partition coefficient (Wildman–Crippen LogP) is 2.78. The van der Waals surface area contributed by atoms with Crippen molar-refractivity contribution in [3.05, 3.63) is 59.7 Å². The standard InChI is InChI=1S/C15H15N2O2/c1-18-13-7-3-11(4-8-13)15(17-16)12-5-9-14(19-2)10-6-12/h3-10,16H,1-2H3/q+1. The van der Waals surface area contributed by atoms with Crippen molar-refractivity contribution in [3.63, 3.8) is 0 Å². The van der Waals surface area contributed by atoms with E-state index in [9.17, 15) is 0 Å². The van der Waals surface area contributed by atoms with Gasteiger partial charge >= 0.3 is 5.71 Å². The monoisotopic (exact) mass is 255 g/mol. The SMILES string of the molecule is COc1ccc(C(=[N+]=N)c2ccc(OC)cc2)cc1. The third-order valence-electron chi connectivity index (χ3n) is 2.84. The molecule has 0 amide bonds. The summed E-state index contributed by atoms with van der Waals surface area (Å²) < 4.78 is 10.2. The molecule has 0 saturated carbocycles. The van der Waals surface area contributed by atoms with E-state index < -0.39 is 0 Å². The summed E-state index contributed by atoms with van der Waals surface area (Å²) in [6.45, 7) is 0. The Hall–Kier alpha value is -2.58. The van der Waals surface area contributed by atoms with Gasteiger partial charge in [-0.05, 0) is 48.5 Å². The average Bonchev–Trinajstić information content (AvgIpc) is 2.49. The Bertz CT molecular complexity index is 548. The van der Waals surface area contributed by atoms with Crippen LogP contribution in [0, 0.1) is 5.53 Å². The third kappa shape index (κ3) is 2.81. The van der Waals surface area contributed by atoms with Crippen molar-refractivity contribution in [1.82, 2.24) is 0 Å². The molecule has 2 aromatic carbocycles. The highest BCUT2D eigenvalue weighted by Gasteiger charge is 2.17. The summed E-state index contributed by atoms with van der Waals surface area (Å²) in [6.07, 6.45) is 0. The van der Waals surface area contributed by atoms with Crippen LogP contribution in [0.2, 0.25) is 0 Å². The second-order valence-electron chi connectivity index (χ2n) is 3.92. The molecule has 1 N–H and O–H groups in total. The molecule has 19 heavy (non-hydrogen) atoms. The lowest BCUT2D eigenvalue weighted by molar-refractivity contribution is -0.117. The highest BCUT2D eigenvalue weighted by atomic mass is 16.5. The zero-order valence-electron chi connectivity index (χ0n) is 10.9. The van der Waals surface area contributed by atoms with Gasteiger partial charge in [0, 0.05) is 0 Å². The van der Waals surface area contributed by atoms with Gasteiger partial charge in [0.2, 0.25) is 0 Å². The van der Waals surface area contributed by atoms with Gasteiger partial charge in [0.1, 0.15) is 11.5 Å². The van der Waals surface area contributed by atoms with E-state index in [0.717, 1.165) is 22.6 Å². The smallest absolute Gasteiger partial charge is 0.379 e. The molecule has 2 aromatic rings. The molecule has 0 spiro atoms. The number of hydrogen-bond donors (Lipinski definition) is 1. The summed E-state index contributed by atoms with van der Waals surface area (Å²) in [5, 5.41) is 0. The van der Waals surface area contributed by atoms with Crippen LogP contribution in [0.4, 0.5) is 0 Å². The van der Waals surface area contributed by atoms with E-state index in [1.54, 1.807) is 14.2 Å². The van der Waals surface area contributed by atoms with Crippen LogP contribution in [0.25, 0.3) is 0 Å². The Balaban J connectivity index is 2.35. The van der Waals surface area contributed by atoms with Gasteiger partial charge in [-0.2, -0.15) is 0 Å². The fraction of sp³-hybridized carbons (Fsp3) is 0.133. The Kier molecular flexibility index (Phi) is 3.96. The summed E-state index contributed by atoms with van der Waals surface area (Å²) in [6, 6.07) is 14.9. The van der Waals surface area contributed by atoms with E-state index >= 15 is 0 Å². The van der Waals surface area contributed by atoms with Crippen LogP contribution in [0.1, 0.15) is 11.1 Å². The molecule has 0 aliphatic heterocycles. The molecule has 0 bridgehead atoms. The van der Waals surface area contributed by atoms with E-state index in [1.807, 2.05) is 48.5 Å². The van der Waals surface area contributed by atoms with Gasteiger partial charge in [-0.15, -0.1) is 0 Å². The largest absolute Gasteiger partial charge is 0.497 e. The molecule has 2 rings (SSSR count). The number of hydrogen-bond acceptors (Lipinski definition) is 3. The number of ether oxygens (including phenoxy) is 2. The van der Waals surface area contributed by atoms with Gasteiger partial charge in [0.15, 0.2) is 0 Å². The molecular formula is C15H15N2O2+. The van der Waals surface area contributed by atoms with Crippen LogP contribution < -0.4 is 9.47 Å². The minimum atomic E-state index is 0.616. The van der Waals surface area contributed by atoms with Crippen LogP contribution in [0.15, 0.2) is 48.5 Å². The molecule has 0 heterocycles. The maximum absolute atomic E-state index is 7.36. The van der Waals surface area contributed by atoms with Crippen LogP contribution in [0.5, 0.6) is 11.5 Å². The Morgan fingerprint density at radius 3 is 1.42 bits per heavy atom. The minimum Gasteiger partial charge on any atom is -0.497 e. The average molecular weight is 255 g/mol. The molecule has 4 heteroatoms. The van der Waals surface area contributed by atoms with Crippen LogP contribution in [-0.4, -0.2) is 24.7 Å². The first-order chi connectivity index (χ1) is 9.28. The number of nitrogens with one attached hydrogen (secondary N) is 1. The predicted molar refractivity (Wildman–Crippen MR) is 72.2 cm³/mol. The summed E-state index contributed by atoms with van der Waals surface area (Å²) in [7, 11) is 3.25. The van der Waals surface area contributed by atoms with Crippen LogP contribution in [0.3, 0.4) is 0 Å². The maximum atomic E-state index is 7.36. The molecule has 0 radical (unpaired) electrons. The summed E-state index contributed by atoms with van der Waals surface area (Å²) in [5.74, 6) is 1.56. The zero-order valence-corrected chi connectivity index (χ0v) is 10.9. The first-order valence-corrected chi connectivity index (χ1v) is 5.81. The lowest BCUT2D eigenvalue weighted by Gasteiger charge is -2.01. The van der Waals surface area contributed by atoms with Gasteiger partial charge in [0.25, 0.3) is 0 Å². The Labute approximate surface area is 111 Å². The lowest BCUT2D eigenvalue weighted by Crippen LogP contribution is -2.04. The van der Waals surface area contributed by atoms with Crippen molar-refractivity contribution in [1.29, 1.82) is 5.53 Å². The van der Waals surface area contributed by atoms with E-state index in [4.69, 9.17) is 15.0 Å². The molecule has 0 aliphatic carbocycles. The maximum Gasteiger partial charge on any atom is 0.379 e. The second-order valence-corrected chi connectivity index (χ2v) is 3.92. The van der Waals surface area contributed by atoms with Gasteiger partial charge in [-0.25, -0.2) is 0 Å². The van der Waals surface area contributed by atoms with Crippen molar-refractivity contribution in [2.45, 2.75) is 0 Å². The molecule has 0 fully saturated rings. The molecular weight excluding hydrogens is 240 g/mol. The number of methoxy groups -OCH3 is 2. The van der Waals surface area contributed by atoms with Gasteiger partial charge in [-0.1, -0.05) is 0 Å². The zero-order chi connectivity index (χ0) is 13.7. The molecule has 0 aliphatic rings. The molecule has 0 saturated heterocycles. The van der Waals surface area contributed by atoms with Crippen molar-refractivity contribution >= 4 is 5.71 Å². The topological polar surface area (TPSA) is 56.4 Å². The molecule has 0 aromatic heterocycles. The first-order valence-electron chi connectivity index (χ1n) is 5.81. The highest BCUT2D eigenvalue weighted by molar-refractivity contribution is 6.09. The van der Waals surface area contributed by atoms with Gasteiger partial charge in [-0.3, -0.25) is 0 Å². The van der Waals surface area contributed by atoms with Crippen molar-refractivity contribution in [2.24, 2.45) is 0 Å². The van der Waals surface area contributed by atoms with E-state index in [1.165, 1.54) is 0 Å². The van der Waals surface area contributed by atoms with Crippen LogP contribution in [-0.2, 0) is 0 Å². The van der Waals surface area contributed by atoms with E-state index in [0.29, 0.717) is 5.71 Å². The third-order valence-corrected chi connectivity index (χ3v) is 2.84. The molecule has 0 atom stereocenters. The minimum absolute atomic E-state index is 0.616. The summed E-state index contributed by atoms with van der Waals surface area (Å²) >= 11 is 0. The molecule has 96 valence electrons. The number of rotatable bonds is 4. The van der Waals surface area contributed by atoms with Crippen molar-refractivity contribution in [3.8, 4) is 11.5 Å². The fourth-order valence-electron chi connectivity index (χ4n) is 1.79. The van der Waals surface area contributed by atoms with E-state index in [2.05, 4.69) is 4.79 Å². The number of benzene rings is 2. The number of nitrogens with zero attached hydrogens (tertiary/aromatic N) is 1. The normalized spacial score (nSPS) is 9.58. The fourth-order valence-corrected chi connectivity index (χ4v) is 1.79. The lowest BCUT2D eigenvalue weighted by atomic mass is 10.0. The quantitative estimate of drug-likeness (QED) is 0.519. The Morgan fingerprint density at radius 2 is 1.16 bits per heavy atom. The summed E-state index contributed by atoms with van der Waals surface area (Å²) in [5.41, 5.74) is 9.73. The van der Waals surface area contributed by atoms with Gasteiger partial charge < -0.3 is 9.47 Å². The van der Waals surface area contributed by atoms with E-state index in [-0.39, 0.29) is 0 Å². The van der Waals surface area contributed by atoms with Crippen LogP contribution >= 0.6 is 0 Å². The van der Waals surface area contributed by atoms with Gasteiger partial charge in [0.05, 0.1) is 35.7 Å². The molecule has 4 nitrogen and oxygen atoms in total. The second kappa shape index (κ2) is 5.85. The summed E-state index contributed by atoms with van der Waals surface area (Å²) in [4.78, 5) is 3.62.